The van der Waals surface area contributed by atoms with Crippen LogP contribution in [0.5, 0.6) is 5.75 Å². The summed E-state index contributed by atoms with van der Waals surface area (Å²) in [6, 6.07) is 13.6. The van der Waals surface area contributed by atoms with Gasteiger partial charge in [0.15, 0.2) is 0 Å². The minimum atomic E-state index is -0.0582. The van der Waals surface area contributed by atoms with Gasteiger partial charge in [0.25, 0.3) is 0 Å². The number of rotatable bonds is 19. The Hall–Kier alpha value is -1.63. The Kier molecular flexibility index (Phi) is 17.5. The van der Waals surface area contributed by atoms with E-state index in [4.69, 9.17) is 16.3 Å². The Morgan fingerprint density at radius 2 is 1.62 bits per heavy atom. The number of anilines is 1. The van der Waals surface area contributed by atoms with Crippen molar-refractivity contribution in [2.45, 2.75) is 104 Å². The number of nitrogens with zero attached hydrogens (tertiary/aromatic N) is 1. The normalized spacial score (nSPS) is 12.7. The van der Waals surface area contributed by atoms with Gasteiger partial charge in [-0.25, -0.2) is 0 Å². The van der Waals surface area contributed by atoms with Gasteiger partial charge in [-0.2, -0.15) is 0 Å². The maximum atomic E-state index is 12.9. The van der Waals surface area contributed by atoms with Crippen LogP contribution in [0.2, 0.25) is 5.02 Å². The summed E-state index contributed by atoms with van der Waals surface area (Å²) in [6.45, 7) is 5.89. The first-order chi connectivity index (χ1) is 19.0. The Labute approximate surface area is 262 Å². The molecule has 0 spiro atoms. The SMILES string of the molecule is Br.CCCCCCCCCCCCCCOc1cc(Cl)ccc1CC(=O)Nc1cccc(CN2C=C(C)SC2)c1. The number of amides is 1. The molecule has 0 saturated heterocycles. The van der Waals surface area contributed by atoms with E-state index in [1.807, 2.05) is 42.1 Å². The first-order valence-corrected chi connectivity index (χ1v) is 16.2. The number of hydrogen-bond acceptors (Lipinski definition) is 4. The van der Waals surface area contributed by atoms with Gasteiger partial charge in [0.05, 0.1) is 18.9 Å². The van der Waals surface area contributed by atoms with Crippen LogP contribution in [0.25, 0.3) is 0 Å². The largest absolute Gasteiger partial charge is 0.493 e. The fourth-order valence-electron chi connectivity index (χ4n) is 4.90. The highest BCUT2D eigenvalue weighted by Crippen LogP contribution is 2.27. The number of unbranched alkanes of at least 4 members (excludes halogenated alkanes) is 11. The van der Waals surface area contributed by atoms with E-state index in [-0.39, 0.29) is 29.3 Å². The Morgan fingerprint density at radius 3 is 2.27 bits per heavy atom. The van der Waals surface area contributed by atoms with Gasteiger partial charge < -0.3 is 15.0 Å². The van der Waals surface area contributed by atoms with E-state index in [0.717, 1.165) is 30.1 Å². The zero-order chi connectivity index (χ0) is 27.7. The number of carbonyl (C=O) groups excluding carboxylic acids is 1. The van der Waals surface area contributed by atoms with Crippen molar-refractivity contribution >= 4 is 51.9 Å². The molecule has 1 amide bonds. The van der Waals surface area contributed by atoms with Crippen LogP contribution in [0, 0.1) is 0 Å². The van der Waals surface area contributed by atoms with Crippen molar-refractivity contribution in [1.29, 1.82) is 0 Å². The topological polar surface area (TPSA) is 41.6 Å². The van der Waals surface area contributed by atoms with Gasteiger partial charge in [-0.3, -0.25) is 4.79 Å². The molecular formula is C33H48BrClN2O2S. The molecule has 7 heteroatoms. The van der Waals surface area contributed by atoms with Gasteiger partial charge in [0.1, 0.15) is 5.75 Å². The zero-order valence-corrected chi connectivity index (χ0v) is 27.7. The van der Waals surface area contributed by atoms with Gasteiger partial charge in [0.2, 0.25) is 5.91 Å². The predicted molar refractivity (Wildman–Crippen MR) is 179 cm³/mol. The number of hydrogen-bond donors (Lipinski definition) is 1. The average Bonchev–Trinajstić information content (AvgIpc) is 3.32. The number of thioether (sulfide) groups is 1. The molecule has 0 bridgehead atoms. The number of halogens is 2. The smallest absolute Gasteiger partial charge is 0.228 e. The molecule has 222 valence electrons. The lowest BCUT2D eigenvalue weighted by atomic mass is 10.1. The Bertz CT molecular complexity index is 1050. The van der Waals surface area contributed by atoms with Crippen molar-refractivity contribution in [1.82, 2.24) is 4.90 Å². The lowest BCUT2D eigenvalue weighted by Crippen LogP contribution is -2.16. The van der Waals surface area contributed by atoms with E-state index in [0.29, 0.717) is 17.4 Å². The number of allylic oxidation sites excluding steroid dienone is 1. The lowest BCUT2D eigenvalue weighted by molar-refractivity contribution is -0.115. The van der Waals surface area contributed by atoms with Crippen LogP contribution >= 0.6 is 40.3 Å². The van der Waals surface area contributed by atoms with Crippen LogP contribution in [0.4, 0.5) is 5.69 Å². The minimum absolute atomic E-state index is 0. The van der Waals surface area contributed by atoms with Crippen LogP contribution < -0.4 is 10.1 Å². The summed E-state index contributed by atoms with van der Waals surface area (Å²) < 4.78 is 6.09. The molecular weight excluding hydrogens is 604 g/mol. The van der Waals surface area contributed by atoms with Gasteiger partial charge in [-0.1, -0.05) is 107 Å². The summed E-state index contributed by atoms with van der Waals surface area (Å²) in [4.78, 5) is 16.5. The molecule has 3 rings (SSSR count). The standard InChI is InChI=1S/C33H47ClN2O2S.BrH/c1-3-4-5-6-7-8-9-10-11-12-13-14-20-38-32-23-30(34)19-18-29(32)22-33(37)35-31-17-15-16-28(21-31)25-36-24-27(2)39-26-36;/h15-19,21,23-24H,3-14,20,22,25-26H2,1-2H3,(H,35,37);1H. The van der Waals surface area contributed by atoms with Crippen molar-refractivity contribution in [3.8, 4) is 5.75 Å². The van der Waals surface area contributed by atoms with Crippen LogP contribution in [0.3, 0.4) is 0 Å². The fraction of sp³-hybridized carbons (Fsp3) is 0.545. The molecule has 0 unspecified atom stereocenters. The molecule has 0 aromatic heterocycles. The van der Waals surface area contributed by atoms with Crippen molar-refractivity contribution in [3.63, 3.8) is 0 Å². The third-order valence-electron chi connectivity index (χ3n) is 7.05. The zero-order valence-electron chi connectivity index (χ0n) is 24.4. The van der Waals surface area contributed by atoms with Crippen molar-refractivity contribution in [2.75, 3.05) is 17.8 Å². The molecule has 1 aliphatic heterocycles. The van der Waals surface area contributed by atoms with Gasteiger partial charge >= 0.3 is 0 Å². The van der Waals surface area contributed by atoms with Crippen molar-refractivity contribution in [2.24, 2.45) is 0 Å². The van der Waals surface area contributed by atoms with Crippen molar-refractivity contribution in [3.05, 3.63) is 69.7 Å². The maximum Gasteiger partial charge on any atom is 0.228 e. The highest BCUT2D eigenvalue weighted by Gasteiger charge is 2.13. The molecule has 0 radical (unpaired) electrons. The number of nitrogens with one attached hydrogen (secondary N) is 1. The summed E-state index contributed by atoms with van der Waals surface area (Å²) in [5.74, 6) is 1.63. The van der Waals surface area contributed by atoms with Gasteiger partial charge in [-0.15, -0.1) is 28.7 Å². The highest BCUT2D eigenvalue weighted by atomic mass is 79.9. The molecule has 0 saturated carbocycles. The van der Waals surface area contributed by atoms with E-state index < -0.39 is 0 Å². The average molecular weight is 652 g/mol. The quantitative estimate of drug-likeness (QED) is 0.154. The van der Waals surface area contributed by atoms with Crippen LogP contribution in [0.1, 0.15) is 102 Å². The monoisotopic (exact) mass is 650 g/mol. The van der Waals surface area contributed by atoms with Gasteiger partial charge in [0, 0.05) is 29.0 Å². The number of carbonyl (C=O) groups is 1. The Morgan fingerprint density at radius 1 is 0.950 bits per heavy atom. The second kappa shape index (κ2) is 20.3. The molecule has 2 aromatic carbocycles. The minimum Gasteiger partial charge on any atom is -0.493 e. The number of ether oxygens (including phenoxy) is 1. The molecule has 0 atom stereocenters. The fourth-order valence-corrected chi connectivity index (χ4v) is 5.82. The first-order valence-electron chi connectivity index (χ1n) is 14.9. The Balaban J connectivity index is 0.00000560. The third kappa shape index (κ3) is 13.8. The maximum absolute atomic E-state index is 12.9. The van der Waals surface area contributed by atoms with E-state index >= 15 is 0 Å². The highest BCUT2D eigenvalue weighted by molar-refractivity contribution is 8.93. The molecule has 4 nitrogen and oxygen atoms in total. The van der Waals surface area contributed by atoms with E-state index in [2.05, 4.69) is 42.4 Å². The van der Waals surface area contributed by atoms with Gasteiger partial charge in [-0.05, 0) is 48.1 Å². The van der Waals surface area contributed by atoms with Crippen LogP contribution in [-0.4, -0.2) is 23.3 Å². The lowest BCUT2D eigenvalue weighted by Gasteiger charge is -2.15. The first kappa shape index (κ1) is 34.6. The summed E-state index contributed by atoms with van der Waals surface area (Å²) in [6.07, 6.45) is 18.2. The second-order valence-corrected chi connectivity index (χ2v) is 12.3. The molecule has 40 heavy (non-hydrogen) atoms. The predicted octanol–water partition coefficient (Wildman–Crippen LogP) is 10.5. The van der Waals surface area contributed by atoms with E-state index in [9.17, 15) is 4.79 Å². The molecule has 1 heterocycles. The van der Waals surface area contributed by atoms with E-state index in [1.54, 1.807) is 0 Å². The summed E-state index contributed by atoms with van der Waals surface area (Å²) in [5.41, 5.74) is 2.86. The van der Waals surface area contributed by atoms with E-state index in [1.165, 1.54) is 81.1 Å². The third-order valence-corrected chi connectivity index (χ3v) is 8.31. The molecule has 1 aliphatic rings. The summed E-state index contributed by atoms with van der Waals surface area (Å²) >= 11 is 8.10. The van der Waals surface area contributed by atoms with Crippen LogP contribution in [0.15, 0.2) is 53.6 Å². The summed E-state index contributed by atoms with van der Waals surface area (Å²) in [5, 5.41) is 3.68. The summed E-state index contributed by atoms with van der Waals surface area (Å²) in [7, 11) is 0. The molecule has 0 fully saturated rings. The van der Waals surface area contributed by atoms with Crippen LogP contribution in [-0.2, 0) is 17.8 Å². The number of benzene rings is 2. The second-order valence-electron chi connectivity index (χ2n) is 10.7. The molecule has 0 aliphatic carbocycles. The van der Waals surface area contributed by atoms with Crippen molar-refractivity contribution < 1.29 is 9.53 Å². The molecule has 2 aromatic rings. The molecule has 1 N–H and O–H groups in total.